The van der Waals surface area contributed by atoms with Gasteiger partial charge in [-0.3, -0.25) is 4.79 Å². The summed E-state index contributed by atoms with van der Waals surface area (Å²) in [5.74, 6) is -1.53. The molecule has 2 rings (SSSR count). The lowest BCUT2D eigenvalue weighted by Gasteiger charge is -2.16. The molecule has 6 heteroatoms. The Hall–Kier alpha value is -1.53. The molecule has 2 unspecified atom stereocenters. The summed E-state index contributed by atoms with van der Waals surface area (Å²) in [5.41, 5.74) is 0.524. The molecule has 0 spiro atoms. The Morgan fingerprint density at radius 1 is 1.30 bits per heavy atom. The predicted octanol–water partition coefficient (Wildman–Crippen LogP) is 0.858. The second kappa shape index (κ2) is 6.76. The third-order valence-corrected chi connectivity index (χ3v) is 3.42. The van der Waals surface area contributed by atoms with Crippen molar-refractivity contribution in [1.82, 2.24) is 10.6 Å². The van der Waals surface area contributed by atoms with E-state index < -0.39 is 11.6 Å². The van der Waals surface area contributed by atoms with E-state index in [0.29, 0.717) is 31.7 Å². The first-order chi connectivity index (χ1) is 9.60. The Morgan fingerprint density at radius 2 is 2.00 bits per heavy atom. The van der Waals surface area contributed by atoms with Crippen LogP contribution in [-0.4, -0.2) is 38.8 Å². The number of hydrogen-bond acceptors (Lipinski definition) is 3. The molecule has 1 saturated heterocycles. The monoisotopic (exact) mass is 284 g/mol. The van der Waals surface area contributed by atoms with Crippen LogP contribution < -0.4 is 10.6 Å². The van der Waals surface area contributed by atoms with Crippen molar-refractivity contribution in [3.8, 4) is 0 Å². The molecule has 1 aliphatic heterocycles. The molecule has 4 nitrogen and oxygen atoms in total. The van der Waals surface area contributed by atoms with Crippen LogP contribution in [0.5, 0.6) is 0 Å². The summed E-state index contributed by atoms with van der Waals surface area (Å²) < 4.78 is 31.3. The molecular formula is C14H18F2N2O2. The maximum absolute atomic E-state index is 13.0. The van der Waals surface area contributed by atoms with Gasteiger partial charge >= 0.3 is 0 Å². The molecule has 0 radical (unpaired) electrons. The second-order valence-electron chi connectivity index (χ2n) is 4.86. The molecule has 0 aromatic heterocycles. The third kappa shape index (κ3) is 3.74. The minimum absolute atomic E-state index is 0.0154. The van der Waals surface area contributed by atoms with Crippen LogP contribution in [0.15, 0.2) is 18.2 Å². The topological polar surface area (TPSA) is 50.4 Å². The molecule has 1 aromatic carbocycles. The van der Waals surface area contributed by atoms with Crippen LogP contribution in [-0.2, 0) is 16.0 Å². The maximum Gasteiger partial charge on any atom is 0.227 e. The van der Waals surface area contributed by atoms with E-state index in [2.05, 4.69) is 10.6 Å². The number of carbonyl (C=O) groups excluding carboxylic acids is 1. The maximum atomic E-state index is 13.0. The van der Waals surface area contributed by atoms with Gasteiger partial charge in [-0.1, -0.05) is 0 Å². The number of benzene rings is 1. The molecular weight excluding hydrogens is 266 g/mol. The predicted molar refractivity (Wildman–Crippen MR) is 70.2 cm³/mol. The Labute approximate surface area is 116 Å². The summed E-state index contributed by atoms with van der Waals surface area (Å²) in [6, 6.07) is 3.38. The molecule has 1 aliphatic rings. The Morgan fingerprint density at radius 3 is 2.65 bits per heavy atom. The van der Waals surface area contributed by atoms with Crippen molar-refractivity contribution in [2.45, 2.75) is 12.5 Å². The van der Waals surface area contributed by atoms with Gasteiger partial charge in [-0.2, -0.15) is 0 Å². The van der Waals surface area contributed by atoms with Crippen LogP contribution in [0, 0.1) is 17.6 Å². The Kier molecular flexibility index (Phi) is 5.03. The van der Waals surface area contributed by atoms with E-state index in [0.717, 1.165) is 6.07 Å². The van der Waals surface area contributed by atoms with Gasteiger partial charge in [-0.15, -0.1) is 0 Å². The first-order valence-electron chi connectivity index (χ1n) is 6.58. The molecule has 0 saturated carbocycles. The zero-order chi connectivity index (χ0) is 14.5. The fourth-order valence-electron chi connectivity index (χ4n) is 2.31. The zero-order valence-corrected chi connectivity index (χ0v) is 11.3. The van der Waals surface area contributed by atoms with E-state index in [1.54, 1.807) is 7.05 Å². The first kappa shape index (κ1) is 14.9. The zero-order valence-electron chi connectivity index (χ0n) is 11.3. The number of hydrogen-bond donors (Lipinski definition) is 2. The summed E-state index contributed by atoms with van der Waals surface area (Å²) >= 11 is 0. The number of rotatable bonds is 5. The average molecular weight is 284 g/mol. The largest absolute Gasteiger partial charge is 0.379 e. The van der Waals surface area contributed by atoms with Crippen LogP contribution in [0.2, 0.25) is 0 Å². The Bertz CT molecular complexity index is 462. The summed E-state index contributed by atoms with van der Waals surface area (Å²) in [6.45, 7) is 1.25. The summed E-state index contributed by atoms with van der Waals surface area (Å²) in [5, 5.41) is 5.81. The summed E-state index contributed by atoms with van der Waals surface area (Å²) in [4.78, 5) is 12.0. The fourth-order valence-corrected chi connectivity index (χ4v) is 2.31. The van der Waals surface area contributed by atoms with Gasteiger partial charge in [0.1, 0.15) is 11.6 Å². The van der Waals surface area contributed by atoms with E-state index in [9.17, 15) is 13.6 Å². The van der Waals surface area contributed by atoms with Gasteiger partial charge < -0.3 is 15.4 Å². The average Bonchev–Trinajstić information content (AvgIpc) is 2.85. The molecule has 1 aromatic rings. The van der Waals surface area contributed by atoms with Gasteiger partial charge in [0.2, 0.25) is 5.91 Å². The van der Waals surface area contributed by atoms with Crippen molar-refractivity contribution in [3.05, 3.63) is 35.4 Å². The number of amides is 1. The first-order valence-corrected chi connectivity index (χ1v) is 6.58. The minimum Gasteiger partial charge on any atom is -0.379 e. The van der Waals surface area contributed by atoms with Crippen LogP contribution in [0.1, 0.15) is 5.56 Å². The highest BCUT2D eigenvalue weighted by atomic mass is 19.1. The lowest BCUT2D eigenvalue weighted by Crippen LogP contribution is -2.43. The number of halogens is 2. The van der Waals surface area contributed by atoms with Gasteiger partial charge in [-0.05, 0) is 31.2 Å². The highest BCUT2D eigenvalue weighted by Crippen LogP contribution is 2.13. The second-order valence-corrected chi connectivity index (χ2v) is 4.86. The molecule has 0 bridgehead atoms. The number of likely N-dealkylation sites (N-methyl/N-ethyl adjacent to an activating group) is 1. The molecule has 1 amide bonds. The van der Waals surface area contributed by atoms with Crippen molar-refractivity contribution in [2.75, 3.05) is 26.8 Å². The normalized spacial score (nSPS) is 21.9. The summed E-state index contributed by atoms with van der Waals surface area (Å²) in [7, 11) is 1.79. The van der Waals surface area contributed by atoms with Crippen molar-refractivity contribution in [1.29, 1.82) is 0 Å². The molecule has 2 atom stereocenters. The SMILES string of the molecule is CNC1COCC1C(=O)NCCc1cc(F)cc(F)c1. The van der Waals surface area contributed by atoms with Crippen LogP contribution >= 0.6 is 0 Å². The number of ether oxygens (including phenoxy) is 1. The van der Waals surface area contributed by atoms with E-state index >= 15 is 0 Å². The lowest BCUT2D eigenvalue weighted by molar-refractivity contribution is -0.125. The van der Waals surface area contributed by atoms with Gasteiger partial charge in [-0.25, -0.2) is 8.78 Å². The number of nitrogens with one attached hydrogen (secondary N) is 2. The summed E-state index contributed by atoms with van der Waals surface area (Å²) in [6.07, 6.45) is 0.387. The fraction of sp³-hybridized carbons (Fsp3) is 0.500. The molecule has 0 aliphatic carbocycles. The van der Waals surface area contributed by atoms with Crippen LogP contribution in [0.25, 0.3) is 0 Å². The standard InChI is InChI=1S/C14H18F2N2O2/c1-17-13-8-20-7-12(13)14(19)18-3-2-9-4-10(15)6-11(16)5-9/h4-6,12-13,17H,2-3,7-8H2,1H3,(H,18,19). The van der Waals surface area contributed by atoms with Gasteiger partial charge in [0, 0.05) is 18.7 Å². The van der Waals surface area contributed by atoms with E-state index in [1.165, 1.54) is 12.1 Å². The number of carbonyl (C=O) groups is 1. The van der Waals surface area contributed by atoms with Crippen molar-refractivity contribution >= 4 is 5.91 Å². The molecule has 110 valence electrons. The van der Waals surface area contributed by atoms with E-state index in [-0.39, 0.29) is 17.9 Å². The molecule has 1 heterocycles. The van der Waals surface area contributed by atoms with E-state index in [1.807, 2.05) is 0 Å². The van der Waals surface area contributed by atoms with Gasteiger partial charge in [0.05, 0.1) is 19.1 Å². The highest BCUT2D eigenvalue weighted by Gasteiger charge is 2.32. The van der Waals surface area contributed by atoms with Gasteiger partial charge in [0.25, 0.3) is 0 Å². The quantitative estimate of drug-likeness (QED) is 0.843. The Balaban J connectivity index is 1.82. The minimum atomic E-state index is -0.606. The van der Waals surface area contributed by atoms with Crippen molar-refractivity contribution in [2.24, 2.45) is 5.92 Å². The molecule has 20 heavy (non-hydrogen) atoms. The molecule has 2 N–H and O–H groups in total. The van der Waals surface area contributed by atoms with Crippen LogP contribution in [0.3, 0.4) is 0 Å². The lowest BCUT2D eigenvalue weighted by atomic mass is 10.0. The third-order valence-electron chi connectivity index (χ3n) is 3.42. The van der Waals surface area contributed by atoms with Crippen molar-refractivity contribution in [3.63, 3.8) is 0 Å². The molecule has 1 fully saturated rings. The van der Waals surface area contributed by atoms with Gasteiger partial charge in [0.15, 0.2) is 0 Å². The highest BCUT2D eigenvalue weighted by molar-refractivity contribution is 5.79. The van der Waals surface area contributed by atoms with Crippen LogP contribution in [0.4, 0.5) is 8.78 Å². The van der Waals surface area contributed by atoms with E-state index in [4.69, 9.17) is 4.74 Å². The van der Waals surface area contributed by atoms with Crippen molar-refractivity contribution < 1.29 is 18.3 Å². The smallest absolute Gasteiger partial charge is 0.227 e.